The summed E-state index contributed by atoms with van der Waals surface area (Å²) in [4.78, 5) is 0. The molecule has 0 aliphatic carbocycles. The minimum absolute atomic E-state index is 0.434. The van der Waals surface area contributed by atoms with Gasteiger partial charge in [0.25, 0.3) is 0 Å². The van der Waals surface area contributed by atoms with E-state index < -0.39 is 25.0 Å². The fourth-order valence-electron chi connectivity index (χ4n) is 0.243. The van der Waals surface area contributed by atoms with Crippen molar-refractivity contribution < 1.29 is 22.3 Å². The molecule has 0 bridgehead atoms. The van der Waals surface area contributed by atoms with Gasteiger partial charge in [-0.2, -0.15) is 13.2 Å². The highest BCUT2D eigenvalue weighted by molar-refractivity contribution is 6.17. The van der Waals surface area contributed by atoms with Crippen molar-refractivity contribution in [1.29, 1.82) is 0 Å². The van der Waals surface area contributed by atoms with Crippen LogP contribution in [0.5, 0.6) is 0 Å². The van der Waals surface area contributed by atoms with Gasteiger partial charge in [0.1, 0.15) is 6.07 Å². The quantitative estimate of drug-likeness (QED) is 0.477. The minimum Gasteiger partial charge on any atom is -0.362 e. The highest BCUT2D eigenvalue weighted by atomic mass is 35.5. The first-order chi connectivity index (χ1) is 4.48. The molecule has 0 aliphatic rings. The number of hydrogen-bond donors (Lipinski definition) is 0. The maximum absolute atomic E-state index is 11.8. The molecule has 0 amide bonds. The summed E-state index contributed by atoms with van der Waals surface area (Å²) < 4.78 is 49.6. The Labute approximate surface area is 59.9 Å². The van der Waals surface area contributed by atoms with Crippen molar-refractivity contribution in [3.63, 3.8) is 0 Å². The second-order valence-electron chi connectivity index (χ2n) is 1.49. The van der Waals surface area contributed by atoms with E-state index in [0.29, 0.717) is 0 Å². The van der Waals surface area contributed by atoms with Crippen LogP contribution < -0.4 is 0 Å². The highest BCUT2D eigenvalue weighted by Gasteiger charge is 2.40. The van der Waals surface area contributed by atoms with Crippen LogP contribution in [0.3, 0.4) is 0 Å². The van der Waals surface area contributed by atoms with Gasteiger partial charge in [0, 0.05) is 0 Å². The van der Waals surface area contributed by atoms with Crippen molar-refractivity contribution in [1.82, 2.24) is 0 Å². The van der Waals surface area contributed by atoms with Crippen LogP contribution in [0.25, 0.3) is 0 Å². The molecule has 0 aliphatic heterocycles. The second kappa shape index (κ2) is 3.98. The van der Waals surface area contributed by atoms with Crippen molar-refractivity contribution in [2.75, 3.05) is 12.7 Å². The van der Waals surface area contributed by atoms with Crippen LogP contribution >= 0.6 is 11.6 Å². The van der Waals surface area contributed by atoms with E-state index in [1.807, 2.05) is 0 Å². The Morgan fingerprint density at radius 1 is 1.40 bits per heavy atom. The first-order valence-corrected chi connectivity index (χ1v) is 2.86. The topological polar surface area (TPSA) is 9.23 Å². The van der Waals surface area contributed by atoms with Gasteiger partial charge < -0.3 is 4.74 Å². The smallest absolute Gasteiger partial charge is 0.362 e. The Morgan fingerprint density at radius 3 is 2.20 bits per heavy atom. The van der Waals surface area contributed by atoms with Crippen molar-refractivity contribution >= 4 is 11.6 Å². The first-order valence-electron chi connectivity index (χ1n) is 2.33. The Bertz CT molecular complexity index is 93.7. The molecule has 0 rings (SSSR count). The Balaban J connectivity index is 3.52. The monoisotopic (exact) mass is 180 g/mol. The molecule has 62 valence electrons. The lowest BCUT2D eigenvalue weighted by Gasteiger charge is -2.10. The minimum atomic E-state index is -4.84. The molecule has 0 saturated carbocycles. The van der Waals surface area contributed by atoms with E-state index in [0.717, 1.165) is 0 Å². The zero-order valence-electron chi connectivity index (χ0n) is 4.79. The zero-order chi connectivity index (χ0) is 8.20. The second-order valence-corrected chi connectivity index (χ2v) is 1.71. The summed E-state index contributed by atoms with van der Waals surface area (Å²) in [6.45, 7) is -1.03. The van der Waals surface area contributed by atoms with E-state index in [1.165, 1.54) is 0 Å². The Morgan fingerprint density at radius 2 is 1.90 bits per heavy atom. The van der Waals surface area contributed by atoms with Crippen LogP contribution in [-0.2, 0) is 4.74 Å². The molecule has 0 aromatic carbocycles. The van der Waals surface area contributed by atoms with Crippen LogP contribution in [0.2, 0.25) is 0 Å². The van der Waals surface area contributed by atoms with Gasteiger partial charge in [-0.05, 0) is 0 Å². The summed E-state index contributed by atoms with van der Waals surface area (Å²) in [6.07, 6.45) is -7.78. The van der Waals surface area contributed by atoms with E-state index in [-0.39, 0.29) is 0 Å². The molecule has 0 heterocycles. The normalized spacial score (nSPS) is 15.3. The standard InChI is InChI=1S/C4H5ClF4O/c5-2-10-1-3(6)4(7,8)9/h3H,1-2H2. The molecule has 0 aromatic heterocycles. The third-order valence-electron chi connectivity index (χ3n) is 0.697. The molecule has 10 heavy (non-hydrogen) atoms. The lowest BCUT2D eigenvalue weighted by Crippen LogP contribution is -2.28. The molecule has 0 spiro atoms. The lowest BCUT2D eigenvalue weighted by molar-refractivity contribution is -0.192. The van der Waals surface area contributed by atoms with Crippen LogP contribution in [-0.4, -0.2) is 25.0 Å². The fraction of sp³-hybridized carbons (Fsp3) is 1.00. The number of halogens is 5. The maximum Gasteiger partial charge on any atom is 0.421 e. The average Bonchev–Trinajstić information content (AvgIpc) is 1.80. The molecule has 1 unspecified atom stereocenters. The van der Waals surface area contributed by atoms with Gasteiger partial charge in [0.05, 0.1) is 6.61 Å². The first kappa shape index (κ1) is 9.97. The molecule has 0 fully saturated rings. The Kier molecular flexibility index (Phi) is 3.96. The predicted molar refractivity (Wildman–Crippen MR) is 27.6 cm³/mol. The van der Waals surface area contributed by atoms with E-state index in [9.17, 15) is 17.6 Å². The predicted octanol–water partition coefficient (Wildman–Crippen LogP) is 2.10. The largest absolute Gasteiger partial charge is 0.421 e. The highest BCUT2D eigenvalue weighted by Crippen LogP contribution is 2.22. The molecule has 0 radical (unpaired) electrons. The van der Waals surface area contributed by atoms with E-state index in [1.54, 1.807) is 0 Å². The summed E-state index contributed by atoms with van der Waals surface area (Å²) in [5.74, 6) is 0. The molecular weight excluding hydrogens is 175 g/mol. The summed E-state index contributed by atoms with van der Waals surface area (Å²) in [7, 11) is 0. The fourth-order valence-corrected chi connectivity index (χ4v) is 0.332. The van der Waals surface area contributed by atoms with Crippen molar-refractivity contribution in [3.05, 3.63) is 0 Å². The maximum atomic E-state index is 11.8. The Hall–Kier alpha value is -0.0300. The van der Waals surface area contributed by atoms with E-state index >= 15 is 0 Å². The average molecular weight is 181 g/mol. The molecule has 0 N–H and O–H groups in total. The van der Waals surface area contributed by atoms with Crippen LogP contribution in [0.15, 0.2) is 0 Å². The molecule has 0 saturated heterocycles. The van der Waals surface area contributed by atoms with Crippen molar-refractivity contribution in [2.24, 2.45) is 0 Å². The summed E-state index contributed by atoms with van der Waals surface area (Å²) in [5, 5.41) is 0. The van der Waals surface area contributed by atoms with Gasteiger partial charge in [-0.3, -0.25) is 0 Å². The van der Waals surface area contributed by atoms with Crippen LogP contribution in [0.4, 0.5) is 17.6 Å². The third kappa shape index (κ3) is 3.90. The van der Waals surface area contributed by atoms with Gasteiger partial charge in [-0.15, -0.1) is 0 Å². The summed E-state index contributed by atoms with van der Waals surface area (Å²) in [6, 6.07) is -0.434. The number of hydrogen-bond acceptors (Lipinski definition) is 1. The third-order valence-corrected chi connectivity index (χ3v) is 0.851. The van der Waals surface area contributed by atoms with Gasteiger partial charge in [-0.1, -0.05) is 11.6 Å². The summed E-state index contributed by atoms with van der Waals surface area (Å²) >= 11 is 4.84. The number of alkyl halides is 5. The van der Waals surface area contributed by atoms with E-state index in [4.69, 9.17) is 11.6 Å². The van der Waals surface area contributed by atoms with Gasteiger partial charge >= 0.3 is 6.18 Å². The summed E-state index contributed by atoms with van der Waals surface area (Å²) in [5.41, 5.74) is 0. The molecule has 0 aromatic rings. The lowest BCUT2D eigenvalue weighted by atomic mass is 10.4. The number of ether oxygens (including phenoxy) is 1. The SMILES string of the molecule is FC(COCCl)C(F)(F)F. The van der Waals surface area contributed by atoms with Gasteiger partial charge in [0.15, 0.2) is 0 Å². The van der Waals surface area contributed by atoms with E-state index in [2.05, 4.69) is 4.74 Å². The van der Waals surface area contributed by atoms with Crippen LogP contribution in [0.1, 0.15) is 0 Å². The van der Waals surface area contributed by atoms with Crippen molar-refractivity contribution in [3.8, 4) is 0 Å². The van der Waals surface area contributed by atoms with Gasteiger partial charge in [0.2, 0.25) is 6.17 Å². The van der Waals surface area contributed by atoms with Crippen molar-refractivity contribution in [2.45, 2.75) is 12.3 Å². The molecular formula is C4H5ClF4O. The molecule has 1 nitrogen and oxygen atoms in total. The molecule has 1 atom stereocenters. The van der Waals surface area contributed by atoms with Crippen LogP contribution in [0, 0.1) is 0 Å². The zero-order valence-corrected chi connectivity index (χ0v) is 5.55. The number of rotatable bonds is 3. The van der Waals surface area contributed by atoms with Gasteiger partial charge in [-0.25, -0.2) is 4.39 Å². The molecule has 6 heteroatoms.